The zero-order chi connectivity index (χ0) is 12.1. The lowest BCUT2D eigenvalue weighted by molar-refractivity contribution is 0.475. The number of aryl methyl sites for hydroxylation is 1. The van der Waals surface area contributed by atoms with Gasteiger partial charge < -0.3 is 5.11 Å². The Morgan fingerprint density at radius 1 is 0.824 bits per heavy atom. The standard InChI is InChI=1S/C7H7N3.C6H6O/c1-10-8-6-4-2-3-5-7(6)9-10;7-6-4-2-1-3-5-6/h2-5H,1H3;1-5,7H. The minimum atomic E-state index is 0.322. The van der Waals surface area contributed by atoms with Gasteiger partial charge in [0.1, 0.15) is 16.8 Å². The first-order valence-electron chi connectivity index (χ1n) is 5.26. The highest BCUT2D eigenvalue weighted by Crippen LogP contribution is 2.05. The molecule has 86 valence electrons. The average Bonchev–Trinajstić information content (AvgIpc) is 2.71. The van der Waals surface area contributed by atoms with Crippen molar-refractivity contribution in [2.45, 2.75) is 0 Å². The van der Waals surface area contributed by atoms with Crippen molar-refractivity contribution in [1.29, 1.82) is 0 Å². The Bertz CT molecular complexity index is 557. The van der Waals surface area contributed by atoms with Gasteiger partial charge in [-0.05, 0) is 24.3 Å². The van der Waals surface area contributed by atoms with Crippen LogP contribution < -0.4 is 0 Å². The molecule has 3 aromatic rings. The van der Waals surface area contributed by atoms with E-state index in [4.69, 9.17) is 5.11 Å². The molecule has 0 aliphatic carbocycles. The molecule has 1 N–H and O–H groups in total. The lowest BCUT2D eigenvalue weighted by Crippen LogP contribution is -1.90. The van der Waals surface area contributed by atoms with Crippen molar-refractivity contribution < 1.29 is 5.11 Å². The molecule has 0 aliphatic rings. The van der Waals surface area contributed by atoms with E-state index in [1.54, 1.807) is 29.1 Å². The van der Waals surface area contributed by atoms with Crippen LogP contribution in [-0.4, -0.2) is 20.1 Å². The zero-order valence-electron chi connectivity index (χ0n) is 9.49. The van der Waals surface area contributed by atoms with E-state index in [1.165, 1.54) is 0 Å². The fourth-order valence-electron chi connectivity index (χ4n) is 1.40. The third-order valence-corrected chi connectivity index (χ3v) is 2.14. The molecule has 1 aromatic heterocycles. The van der Waals surface area contributed by atoms with Gasteiger partial charge >= 0.3 is 0 Å². The molecule has 3 rings (SSSR count). The van der Waals surface area contributed by atoms with E-state index < -0.39 is 0 Å². The molecule has 4 heteroatoms. The highest BCUT2D eigenvalue weighted by Gasteiger charge is 1.94. The Morgan fingerprint density at radius 3 is 1.71 bits per heavy atom. The van der Waals surface area contributed by atoms with E-state index >= 15 is 0 Å². The fourth-order valence-corrected chi connectivity index (χ4v) is 1.40. The lowest BCUT2D eigenvalue weighted by Gasteiger charge is -1.82. The second-order valence-electron chi connectivity index (χ2n) is 3.51. The normalized spacial score (nSPS) is 9.71. The van der Waals surface area contributed by atoms with E-state index in [0.717, 1.165) is 11.0 Å². The maximum Gasteiger partial charge on any atom is 0.115 e. The molecule has 17 heavy (non-hydrogen) atoms. The number of phenolic OH excluding ortho intramolecular Hbond substituents is 1. The Balaban J connectivity index is 0.000000136. The Morgan fingerprint density at radius 2 is 1.29 bits per heavy atom. The molecular formula is C13H13N3O. The summed E-state index contributed by atoms with van der Waals surface area (Å²) in [6, 6.07) is 16.5. The van der Waals surface area contributed by atoms with Crippen molar-refractivity contribution in [1.82, 2.24) is 15.0 Å². The summed E-state index contributed by atoms with van der Waals surface area (Å²) in [6.45, 7) is 0. The van der Waals surface area contributed by atoms with Crippen LogP contribution in [0.5, 0.6) is 5.75 Å². The smallest absolute Gasteiger partial charge is 0.115 e. The van der Waals surface area contributed by atoms with Crippen molar-refractivity contribution in [3.63, 3.8) is 0 Å². The summed E-state index contributed by atoms with van der Waals surface area (Å²) < 4.78 is 0. The number of phenols is 1. The number of nitrogens with zero attached hydrogens (tertiary/aromatic N) is 3. The van der Waals surface area contributed by atoms with Gasteiger partial charge in [0.15, 0.2) is 0 Å². The predicted molar refractivity (Wildman–Crippen MR) is 66.6 cm³/mol. The van der Waals surface area contributed by atoms with Gasteiger partial charge in [0.05, 0.1) is 0 Å². The molecule has 0 saturated carbocycles. The lowest BCUT2D eigenvalue weighted by atomic mass is 10.3. The van der Waals surface area contributed by atoms with Crippen LogP contribution in [0.4, 0.5) is 0 Å². The van der Waals surface area contributed by atoms with Gasteiger partial charge in [-0.1, -0.05) is 30.3 Å². The van der Waals surface area contributed by atoms with Crippen LogP contribution in [0.3, 0.4) is 0 Å². The summed E-state index contributed by atoms with van der Waals surface area (Å²) in [5, 5.41) is 16.9. The number of hydrogen-bond donors (Lipinski definition) is 1. The van der Waals surface area contributed by atoms with E-state index in [-0.39, 0.29) is 0 Å². The minimum absolute atomic E-state index is 0.322. The van der Waals surface area contributed by atoms with Gasteiger partial charge in [-0.3, -0.25) is 0 Å². The zero-order valence-corrected chi connectivity index (χ0v) is 9.49. The first-order valence-corrected chi connectivity index (χ1v) is 5.26. The number of rotatable bonds is 0. The Kier molecular flexibility index (Phi) is 3.35. The number of hydrogen-bond acceptors (Lipinski definition) is 3. The minimum Gasteiger partial charge on any atom is -0.508 e. The number of aromatic nitrogens is 3. The number of aromatic hydroxyl groups is 1. The molecule has 0 bridgehead atoms. The summed E-state index contributed by atoms with van der Waals surface area (Å²) in [4.78, 5) is 1.57. The van der Waals surface area contributed by atoms with Crippen molar-refractivity contribution >= 4 is 11.0 Å². The molecule has 0 spiro atoms. The SMILES string of the molecule is Cn1nc2ccccc2n1.Oc1ccccc1. The summed E-state index contributed by atoms with van der Waals surface area (Å²) in [5.74, 6) is 0.322. The van der Waals surface area contributed by atoms with Crippen LogP contribution in [0.25, 0.3) is 11.0 Å². The molecule has 1 heterocycles. The molecule has 4 nitrogen and oxygen atoms in total. The van der Waals surface area contributed by atoms with Gasteiger partial charge in [-0.15, -0.1) is 0 Å². The number of para-hydroxylation sites is 1. The molecule has 0 unspecified atom stereocenters. The maximum atomic E-state index is 8.63. The fraction of sp³-hybridized carbons (Fsp3) is 0.0769. The number of fused-ring (bicyclic) bond motifs is 1. The van der Waals surface area contributed by atoms with Crippen LogP contribution >= 0.6 is 0 Å². The summed E-state index contributed by atoms with van der Waals surface area (Å²) in [7, 11) is 1.82. The van der Waals surface area contributed by atoms with Gasteiger partial charge in [0, 0.05) is 7.05 Å². The Hall–Kier alpha value is -2.36. The largest absolute Gasteiger partial charge is 0.508 e. The highest BCUT2D eigenvalue weighted by atomic mass is 16.3. The van der Waals surface area contributed by atoms with Crippen molar-refractivity contribution in [2.75, 3.05) is 0 Å². The van der Waals surface area contributed by atoms with Crippen LogP contribution in [0, 0.1) is 0 Å². The van der Waals surface area contributed by atoms with Crippen LogP contribution in [0.15, 0.2) is 54.6 Å². The van der Waals surface area contributed by atoms with Gasteiger partial charge in [-0.2, -0.15) is 15.0 Å². The van der Waals surface area contributed by atoms with Crippen molar-refractivity contribution in [3.8, 4) is 5.75 Å². The molecule has 0 aliphatic heterocycles. The first-order chi connectivity index (χ1) is 8.25. The van der Waals surface area contributed by atoms with Gasteiger partial charge in [0.2, 0.25) is 0 Å². The average molecular weight is 227 g/mol. The molecular weight excluding hydrogens is 214 g/mol. The molecule has 0 saturated heterocycles. The van der Waals surface area contributed by atoms with Crippen molar-refractivity contribution in [2.24, 2.45) is 7.05 Å². The second-order valence-corrected chi connectivity index (χ2v) is 3.51. The first kappa shape index (κ1) is 11.1. The van der Waals surface area contributed by atoms with Crippen molar-refractivity contribution in [3.05, 3.63) is 54.6 Å². The Labute approximate surface area is 99.1 Å². The third-order valence-electron chi connectivity index (χ3n) is 2.14. The van der Waals surface area contributed by atoms with E-state index in [0.29, 0.717) is 5.75 Å². The van der Waals surface area contributed by atoms with Crippen LogP contribution in [0.1, 0.15) is 0 Å². The number of benzene rings is 2. The van der Waals surface area contributed by atoms with Gasteiger partial charge in [0.25, 0.3) is 0 Å². The summed E-state index contributed by atoms with van der Waals surface area (Å²) >= 11 is 0. The summed E-state index contributed by atoms with van der Waals surface area (Å²) in [5.41, 5.74) is 1.90. The third kappa shape index (κ3) is 3.04. The molecule has 2 aromatic carbocycles. The van der Waals surface area contributed by atoms with E-state index in [2.05, 4.69) is 10.2 Å². The topological polar surface area (TPSA) is 50.9 Å². The quantitative estimate of drug-likeness (QED) is 0.641. The monoisotopic (exact) mass is 227 g/mol. The molecule has 0 atom stereocenters. The van der Waals surface area contributed by atoms with Gasteiger partial charge in [-0.25, -0.2) is 0 Å². The second kappa shape index (κ2) is 5.12. The molecule has 0 fully saturated rings. The summed E-state index contributed by atoms with van der Waals surface area (Å²) in [6.07, 6.45) is 0. The maximum absolute atomic E-state index is 8.63. The molecule has 0 amide bonds. The van der Waals surface area contributed by atoms with Crippen LogP contribution in [-0.2, 0) is 7.05 Å². The predicted octanol–water partition coefficient (Wildman–Crippen LogP) is 2.36. The molecule has 0 radical (unpaired) electrons. The highest BCUT2D eigenvalue weighted by molar-refractivity contribution is 5.72. The van der Waals surface area contributed by atoms with Crippen LogP contribution in [0.2, 0.25) is 0 Å². The van der Waals surface area contributed by atoms with E-state index in [9.17, 15) is 0 Å². The van der Waals surface area contributed by atoms with E-state index in [1.807, 2.05) is 37.4 Å².